The third-order valence-corrected chi connectivity index (χ3v) is 1.07. The van der Waals surface area contributed by atoms with E-state index in [1.165, 1.54) is 0 Å². The summed E-state index contributed by atoms with van der Waals surface area (Å²) in [6.07, 6.45) is 0.469. The molecule has 54 valence electrons. The van der Waals surface area contributed by atoms with Crippen LogP contribution in [0.15, 0.2) is 0 Å². The largest absolute Gasteiger partial charge is 0.451 e. The normalized spacial score (nSPS) is 11.1. The van der Waals surface area contributed by atoms with Crippen LogP contribution >= 0.6 is 9.47 Å². The van der Waals surface area contributed by atoms with Crippen LogP contribution in [0.25, 0.3) is 0 Å². The zero-order valence-electron chi connectivity index (χ0n) is 6.10. The van der Waals surface area contributed by atoms with Crippen LogP contribution in [0.1, 0.15) is 27.2 Å². The molecule has 0 aliphatic heterocycles. The molecule has 0 aromatic rings. The van der Waals surface area contributed by atoms with Crippen molar-refractivity contribution in [2.45, 2.75) is 27.2 Å². The highest BCUT2D eigenvalue weighted by Crippen LogP contribution is 2.19. The SMILES string of the molecule is CC(C)(C)CC(=O)OP. The van der Waals surface area contributed by atoms with E-state index in [0.29, 0.717) is 6.42 Å². The summed E-state index contributed by atoms with van der Waals surface area (Å²) in [7, 11) is 1.95. The minimum atomic E-state index is -0.174. The van der Waals surface area contributed by atoms with Gasteiger partial charge >= 0.3 is 5.97 Å². The molecule has 0 heterocycles. The average molecular weight is 148 g/mol. The summed E-state index contributed by atoms with van der Waals surface area (Å²) < 4.78 is 4.40. The lowest BCUT2D eigenvalue weighted by Gasteiger charge is -2.14. The van der Waals surface area contributed by atoms with Gasteiger partial charge in [-0.15, -0.1) is 0 Å². The van der Waals surface area contributed by atoms with Gasteiger partial charge in [-0.2, -0.15) is 0 Å². The molecule has 0 amide bonds. The highest BCUT2D eigenvalue weighted by atomic mass is 31.0. The summed E-state index contributed by atoms with van der Waals surface area (Å²) in [5.74, 6) is -0.174. The number of rotatable bonds is 1. The molecule has 0 aliphatic carbocycles. The predicted octanol–water partition coefficient (Wildman–Crippen LogP) is 1.76. The standard InChI is InChI=1S/C6H13O2P/c1-6(2,3)4-5(7)8-9/h4,9H2,1-3H3. The molecule has 0 fully saturated rings. The summed E-state index contributed by atoms with van der Waals surface area (Å²) in [6.45, 7) is 5.98. The zero-order chi connectivity index (χ0) is 7.49. The number of hydrogen-bond acceptors (Lipinski definition) is 2. The fourth-order valence-corrected chi connectivity index (χ4v) is 0.558. The summed E-state index contributed by atoms with van der Waals surface area (Å²) in [5.41, 5.74) is 0.0354. The van der Waals surface area contributed by atoms with Gasteiger partial charge in [0.1, 0.15) is 0 Å². The highest BCUT2D eigenvalue weighted by molar-refractivity contribution is 7.10. The Balaban J connectivity index is 3.60. The number of carbonyl (C=O) groups excluding carboxylic acids is 1. The van der Waals surface area contributed by atoms with Gasteiger partial charge in [-0.1, -0.05) is 20.8 Å². The van der Waals surface area contributed by atoms with Crippen molar-refractivity contribution in [3.05, 3.63) is 0 Å². The molecule has 1 unspecified atom stereocenters. The molecule has 0 saturated heterocycles. The van der Waals surface area contributed by atoms with Gasteiger partial charge in [0.05, 0.1) is 15.9 Å². The maximum Gasteiger partial charge on any atom is 0.308 e. The molecule has 0 aliphatic rings. The van der Waals surface area contributed by atoms with E-state index < -0.39 is 0 Å². The molecule has 0 bridgehead atoms. The first-order valence-electron chi connectivity index (χ1n) is 2.85. The van der Waals surface area contributed by atoms with Crippen LogP contribution in [0.5, 0.6) is 0 Å². The maximum atomic E-state index is 10.6. The Morgan fingerprint density at radius 3 is 2.11 bits per heavy atom. The Morgan fingerprint density at radius 1 is 1.56 bits per heavy atom. The van der Waals surface area contributed by atoms with Crippen molar-refractivity contribution in [2.75, 3.05) is 0 Å². The summed E-state index contributed by atoms with van der Waals surface area (Å²) in [4.78, 5) is 10.6. The van der Waals surface area contributed by atoms with Gasteiger partial charge in [0.25, 0.3) is 0 Å². The molecule has 0 saturated carbocycles. The zero-order valence-corrected chi connectivity index (χ0v) is 7.26. The van der Waals surface area contributed by atoms with Gasteiger partial charge in [0.2, 0.25) is 0 Å². The Kier molecular flexibility index (Phi) is 3.13. The smallest absolute Gasteiger partial charge is 0.308 e. The van der Waals surface area contributed by atoms with Crippen molar-refractivity contribution >= 4 is 15.4 Å². The third kappa shape index (κ3) is 5.78. The van der Waals surface area contributed by atoms with E-state index in [1.54, 1.807) is 0 Å². The van der Waals surface area contributed by atoms with Gasteiger partial charge in [-0.05, 0) is 5.41 Å². The topological polar surface area (TPSA) is 26.3 Å². The van der Waals surface area contributed by atoms with E-state index in [1.807, 2.05) is 30.2 Å². The summed E-state index contributed by atoms with van der Waals surface area (Å²) >= 11 is 0. The average Bonchev–Trinajstić information content (AvgIpc) is 1.62. The predicted molar refractivity (Wildman–Crippen MR) is 39.9 cm³/mol. The highest BCUT2D eigenvalue weighted by Gasteiger charge is 2.15. The molecule has 0 aromatic carbocycles. The van der Waals surface area contributed by atoms with Gasteiger partial charge in [0.15, 0.2) is 0 Å². The lowest BCUT2D eigenvalue weighted by molar-refractivity contribution is -0.135. The van der Waals surface area contributed by atoms with Gasteiger partial charge in [-0.25, -0.2) is 0 Å². The van der Waals surface area contributed by atoms with Gasteiger partial charge in [-0.3, -0.25) is 4.79 Å². The second-order valence-electron chi connectivity index (χ2n) is 3.23. The van der Waals surface area contributed by atoms with Crippen molar-refractivity contribution in [3.63, 3.8) is 0 Å². The first-order valence-corrected chi connectivity index (χ1v) is 3.32. The molecule has 0 rings (SSSR count). The lowest BCUT2D eigenvalue weighted by Crippen LogP contribution is -2.12. The molecular weight excluding hydrogens is 135 g/mol. The Bertz CT molecular complexity index is 104. The van der Waals surface area contributed by atoms with Gasteiger partial charge in [0, 0.05) is 0 Å². The van der Waals surface area contributed by atoms with E-state index in [-0.39, 0.29) is 11.4 Å². The molecule has 9 heavy (non-hydrogen) atoms. The van der Waals surface area contributed by atoms with Crippen LogP contribution in [0.3, 0.4) is 0 Å². The van der Waals surface area contributed by atoms with Crippen molar-refractivity contribution in [3.8, 4) is 0 Å². The quantitative estimate of drug-likeness (QED) is 0.529. The lowest BCUT2D eigenvalue weighted by atomic mass is 9.93. The molecule has 0 radical (unpaired) electrons. The summed E-state index contributed by atoms with van der Waals surface area (Å²) in [5, 5.41) is 0. The van der Waals surface area contributed by atoms with Crippen LogP contribution < -0.4 is 0 Å². The number of carbonyl (C=O) groups is 1. The van der Waals surface area contributed by atoms with Crippen molar-refractivity contribution in [1.29, 1.82) is 0 Å². The van der Waals surface area contributed by atoms with E-state index in [4.69, 9.17) is 0 Å². The van der Waals surface area contributed by atoms with Crippen LogP contribution in [0, 0.1) is 5.41 Å². The first kappa shape index (κ1) is 8.90. The fourth-order valence-electron chi connectivity index (χ4n) is 0.475. The van der Waals surface area contributed by atoms with E-state index in [9.17, 15) is 4.79 Å². The second kappa shape index (κ2) is 3.17. The van der Waals surface area contributed by atoms with E-state index >= 15 is 0 Å². The third-order valence-electron chi connectivity index (χ3n) is 0.806. The Morgan fingerprint density at radius 2 is 2.00 bits per heavy atom. The fraction of sp³-hybridized carbons (Fsp3) is 0.833. The van der Waals surface area contributed by atoms with Crippen LogP contribution in [-0.4, -0.2) is 5.97 Å². The minimum absolute atomic E-state index is 0.0354. The van der Waals surface area contributed by atoms with Gasteiger partial charge < -0.3 is 4.52 Å². The Labute approximate surface area is 58.3 Å². The molecule has 0 N–H and O–H groups in total. The van der Waals surface area contributed by atoms with Crippen molar-refractivity contribution < 1.29 is 9.32 Å². The van der Waals surface area contributed by atoms with Crippen LogP contribution in [0.4, 0.5) is 0 Å². The maximum absolute atomic E-state index is 10.6. The van der Waals surface area contributed by atoms with E-state index in [2.05, 4.69) is 4.52 Å². The molecule has 0 aromatic heterocycles. The van der Waals surface area contributed by atoms with E-state index in [0.717, 1.165) is 0 Å². The minimum Gasteiger partial charge on any atom is -0.451 e. The number of hydrogen-bond donors (Lipinski definition) is 0. The van der Waals surface area contributed by atoms with Crippen LogP contribution in [0.2, 0.25) is 0 Å². The molecule has 3 heteroatoms. The second-order valence-corrected chi connectivity index (χ2v) is 3.46. The molecule has 2 nitrogen and oxygen atoms in total. The Hall–Kier alpha value is -0.100. The van der Waals surface area contributed by atoms with Crippen molar-refractivity contribution in [1.82, 2.24) is 0 Å². The molecular formula is C6H13O2P. The molecule has 1 atom stereocenters. The summed E-state index contributed by atoms with van der Waals surface area (Å²) in [6, 6.07) is 0. The first-order chi connectivity index (χ1) is 3.95. The molecule has 0 spiro atoms. The van der Waals surface area contributed by atoms with Crippen molar-refractivity contribution in [2.24, 2.45) is 5.41 Å². The van der Waals surface area contributed by atoms with Crippen LogP contribution in [-0.2, 0) is 9.32 Å². The monoisotopic (exact) mass is 148 g/mol.